The lowest BCUT2D eigenvalue weighted by atomic mass is 9.99. The molecule has 1 aromatic heterocycles. The van der Waals surface area contributed by atoms with Gasteiger partial charge < -0.3 is 19.2 Å². The molecule has 0 spiro atoms. The lowest BCUT2D eigenvalue weighted by Gasteiger charge is -2.28. The molecule has 2 aliphatic heterocycles. The van der Waals surface area contributed by atoms with Crippen LogP contribution in [0, 0.1) is 6.92 Å². The van der Waals surface area contributed by atoms with Gasteiger partial charge in [-0.3, -0.25) is 14.5 Å². The van der Waals surface area contributed by atoms with E-state index in [4.69, 9.17) is 20.8 Å². The minimum absolute atomic E-state index is 0.0352. The largest absolute Gasteiger partial charge is 0.507 e. The summed E-state index contributed by atoms with van der Waals surface area (Å²) in [5.41, 5.74) is 0.456. The summed E-state index contributed by atoms with van der Waals surface area (Å²) >= 11 is 5.95. The Morgan fingerprint density at radius 3 is 2.45 bits per heavy atom. The SMILES string of the molecule is Cc1ccc(C2/C(=C(/O)c3ccc(Cl)cc3)C(=O)C(=O)N2CCCN2CCOCC2)o1. The normalized spacial score (nSPS) is 21.7. The third-order valence-electron chi connectivity index (χ3n) is 5.67. The van der Waals surface area contributed by atoms with Crippen LogP contribution >= 0.6 is 11.6 Å². The van der Waals surface area contributed by atoms with Crippen LogP contribution in [-0.2, 0) is 14.3 Å². The molecule has 1 amide bonds. The number of halogens is 1. The van der Waals surface area contributed by atoms with E-state index in [1.54, 1.807) is 43.3 Å². The van der Waals surface area contributed by atoms with Crippen LogP contribution < -0.4 is 0 Å². The van der Waals surface area contributed by atoms with Gasteiger partial charge in [0.1, 0.15) is 23.3 Å². The van der Waals surface area contributed by atoms with Gasteiger partial charge in [-0.05, 0) is 49.7 Å². The second kappa shape index (κ2) is 9.26. The number of carbonyl (C=O) groups is 2. The lowest BCUT2D eigenvalue weighted by Crippen LogP contribution is -2.38. The van der Waals surface area contributed by atoms with Crippen molar-refractivity contribution in [1.82, 2.24) is 9.80 Å². The molecule has 1 atom stereocenters. The summed E-state index contributed by atoms with van der Waals surface area (Å²) in [6.45, 7) is 6.10. The minimum atomic E-state index is -0.769. The fraction of sp³-hybridized carbons (Fsp3) is 0.391. The topological polar surface area (TPSA) is 83.2 Å². The average Bonchev–Trinajstić information content (AvgIpc) is 3.30. The van der Waals surface area contributed by atoms with Crippen molar-refractivity contribution in [2.45, 2.75) is 19.4 Å². The van der Waals surface area contributed by atoms with E-state index < -0.39 is 17.7 Å². The number of aliphatic hydroxyl groups excluding tert-OH is 1. The first-order valence-electron chi connectivity index (χ1n) is 10.4. The van der Waals surface area contributed by atoms with Gasteiger partial charge in [0, 0.05) is 36.8 Å². The van der Waals surface area contributed by atoms with E-state index in [-0.39, 0.29) is 11.3 Å². The van der Waals surface area contributed by atoms with E-state index in [9.17, 15) is 14.7 Å². The van der Waals surface area contributed by atoms with Crippen LogP contribution in [0.5, 0.6) is 0 Å². The van der Waals surface area contributed by atoms with Gasteiger partial charge >= 0.3 is 0 Å². The predicted molar refractivity (Wildman–Crippen MR) is 116 cm³/mol. The van der Waals surface area contributed by atoms with Crippen LogP contribution in [0.3, 0.4) is 0 Å². The molecular weight excluding hydrogens is 420 g/mol. The number of hydrogen-bond donors (Lipinski definition) is 1. The molecular formula is C23H25ClN2O5. The molecule has 2 aliphatic rings. The number of likely N-dealkylation sites (tertiary alicyclic amines) is 1. The van der Waals surface area contributed by atoms with Crippen LogP contribution in [-0.4, -0.2) is 66.0 Å². The quantitative estimate of drug-likeness (QED) is 0.418. The van der Waals surface area contributed by atoms with Crippen LogP contribution in [0.4, 0.5) is 0 Å². The van der Waals surface area contributed by atoms with Crippen molar-refractivity contribution < 1.29 is 23.8 Å². The zero-order valence-electron chi connectivity index (χ0n) is 17.3. The van der Waals surface area contributed by atoms with Gasteiger partial charge in [-0.1, -0.05) is 11.6 Å². The molecule has 0 saturated carbocycles. The minimum Gasteiger partial charge on any atom is -0.507 e. The zero-order valence-corrected chi connectivity index (χ0v) is 18.1. The number of hydrogen-bond acceptors (Lipinski definition) is 6. The molecule has 1 N–H and O–H groups in total. The number of furan rings is 1. The van der Waals surface area contributed by atoms with Crippen LogP contribution in [0.15, 0.2) is 46.4 Å². The monoisotopic (exact) mass is 444 g/mol. The molecule has 0 aliphatic carbocycles. The third-order valence-corrected chi connectivity index (χ3v) is 5.92. The molecule has 0 radical (unpaired) electrons. The van der Waals surface area contributed by atoms with Crippen molar-refractivity contribution in [3.05, 3.63) is 64.1 Å². The van der Waals surface area contributed by atoms with E-state index >= 15 is 0 Å². The highest BCUT2D eigenvalue weighted by atomic mass is 35.5. The lowest BCUT2D eigenvalue weighted by molar-refractivity contribution is -0.140. The van der Waals surface area contributed by atoms with Gasteiger partial charge in [0.2, 0.25) is 0 Å². The third kappa shape index (κ3) is 4.54. The smallest absolute Gasteiger partial charge is 0.295 e. The molecule has 2 saturated heterocycles. The number of aliphatic hydroxyl groups is 1. The van der Waals surface area contributed by atoms with E-state index in [2.05, 4.69) is 4.90 Å². The first-order chi connectivity index (χ1) is 15.0. The fourth-order valence-corrected chi connectivity index (χ4v) is 4.19. The Bertz CT molecular complexity index is 992. The maximum absolute atomic E-state index is 12.9. The number of rotatable bonds is 6. The number of aryl methyl sites for hydroxylation is 1. The Labute approximate surface area is 185 Å². The highest BCUT2D eigenvalue weighted by Crippen LogP contribution is 2.40. The Morgan fingerprint density at radius 1 is 1.10 bits per heavy atom. The van der Waals surface area contributed by atoms with E-state index in [1.807, 2.05) is 0 Å². The molecule has 2 fully saturated rings. The maximum Gasteiger partial charge on any atom is 0.295 e. The summed E-state index contributed by atoms with van der Waals surface area (Å²) in [4.78, 5) is 29.6. The number of Topliss-reactive ketones (excluding diaryl/α,β-unsaturated/α-hetero) is 1. The molecule has 8 heteroatoms. The standard InChI is InChI=1S/C23H25ClN2O5/c1-15-3-8-18(31-15)20-19(21(27)16-4-6-17(24)7-5-16)22(28)23(29)26(20)10-2-9-25-11-13-30-14-12-25/h3-8,20,27H,2,9-14H2,1H3/b21-19-. The van der Waals surface area contributed by atoms with Gasteiger partial charge in [0.05, 0.1) is 18.8 Å². The molecule has 7 nitrogen and oxygen atoms in total. The van der Waals surface area contributed by atoms with E-state index in [1.165, 1.54) is 4.90 Å². The molecule has 1 aromatic carbocycles. The van der Waals surface area contributed by atoms with Crippen molar-refractivity contribution in [3.8, 4) is 0 Å². The second-order valence-electron chi connectivity index (χ2n) is 7.76. The number of amides is 1. The summed E-state index contributed by atoms with van der Waals surface area (Å²) in [5, 5.41) is 11.5. The number of carbonyl (C=O) groups excluding carboxylic acids is 2. The van der Waals surface area contributed by atoms with Crippen molar-refractivity contribution in [2.24, 2.45) is 0 Å². The zero-order chi connectivity index (χ0) is 22.0. The van der Waals surface area contributed by atoms with E-state index in [0.717, 1.165) is 19.6 Å². The van der Waals surface area contributed by atoms with Crippen LogP contribution in [0.25, 0.3) is 5.76 Å². The van der Waals surface area contributed by atoms with E-state index in [0.29, 0.717) is 48.3 Å². The highest BCUT2D eigenvalue weighted by molar-refractivity contribution is 6.46. The first-order valence-corrected chi connectivity index (χ1v) is 10.7. The Morgan fingerprint density at radius 2 is 1.81 bits per heavy atom. The molecule has 2 aromatic rings. The molecule has 164 valence electrons. The molecule has 0 bridgehead atoms. The molecule has 3 heterocycles. The van der Waals surface area contributed by atoms with Crippen LogP contribution in [0.2, 0.25) is 5.02 Å². The summed E-state index contributed by atoms with van der Waals surface area (Å²) in [5.74, 6) is -0.446. The Balaban J connectivity index is 1.64. The van der Waals surface area contributed by atoms with Crippen molar-refractivity contribution in [3.63, 3.8) is 0 Å². The number of ether oxygens (including phenoxy) is 1. The predicted octanol–water partition coefficient (Wildman–Crippen LogP) is 3.39. The van der Waals surface area contributed by atoms with Gasteiger partial charge in [0.15, 0.2) is 0 Å². The van der Waals surface area contributed by atoms with Crippen molar-refractivity contribution in [2.75, 3.05) is 39.4 Å². The Kier molecular flexibility index (Phi) is 6.46. The highest BCUT2D eigenvalue weighted by Gasteiger charge is 2.47. The average molecular weight is 445 g/mol. The summed E-state index contributed by atoms with van der Waals surface area (Å²) in [7, 11) is 0. The van der Waals surface area contributed by atoms with Crippen molar-refractivity contribution >= 4 is 29.1 Å². The number of ketones is 1. The maximum atomic E-state index is 12.9. The Hall–Kier alpha value is -2.61. The fourth-order valence-electron chi connectivity index (χ4n) is 4.06. The number of morpholine rings is 1. The summed E-state index contributed by atoms with van der Waals surface area (Å²) in [6.07, 6.45) is 0.699. The van der Waals surface area contributed by atoms with Gasteiger partial charge in [0.25, 0.3) is 11.7 Å². The first kappa shape index (κ1) is 21.6. The molecule has 1 unspecified atom stereocenters. The summed E-state index contributed by atoms with van der Waals surface area (Å²) < 4.78 is 11.2. The van der Waals surface area contributed by atoms with Crippen LogP contribution in [0.1, 0.15) is 29.5 Å². The summed E-state index contributed by atoms with van der Waals surface area (Å²) in [6, 6.07) is 9.25. The van der Waals surface area contributed by atoms with Gasteiger partial charge in [-0.15, -0.1) is 0 Å². The van der Waals surface area contributed by atoms with Crippen molar-refractivity contribution in [1.29, 1.82) is 0 Å². The number of benzene rings is 1. The molecule has 31 heavy (non-hydrogen) atoms. The molecule has 4 rings (SSSR count). The number of nitrogens with zero attached hydrogens (tertiary/aromatic N) is 2. The van der Waals surface area contributed by atoms with Gasteiger partial charge in [-0.2, -0.15) is 0 Å². The van der Waals surface area contributed by atoms with Gasteiger partial charge in [-0.25, -0.2) is 0 Å². The second-order valence-corrected chi connectivity index (χ2v) is 8.19.